The van der Waals surface area contributed by atoms with Gasteiger partial charge in [-0.3, -0.25) is 0 Å². The SMILES string of the molecule is CC(C)(C)c1ccc2c(c1)C(C)(C)c1cc3c(-c4ccccc4)c4c(cc3c(-c3ccccc3)c1-2)C(C)(C)c1cc(N(c2ccccc2)c2ccc(-c3ccccc3)cc2)ccc1-4. The van der Waals surface area contributed by atoms with Crippen LogP contribution in [0.2, 0.25) is 0 Å². The van der Waals surface area contributed by atoms with Gasteiger partial charge in [-0.15, -0.1) is 0 Å². The van der Waals surface area contributed by atoms with Crippen LogP contribution in [0.15, 0.2) is 194 Å². The van der Waals surface area contributed by atoms with Crippen molar-refractivity contribution < 1.29 is 0 Å². The molecule has 0 spiro atoms. The van der Waals surface area contributed by atoms with Crippen molar-refractivity contribution in [2.45, 2.75) is 64.7 Å². The molecule has 0 heterocycles. The van der Waals surface area contributed by atoms with Gasteiger partial charge in [0.15, 0.2) is 0 Å². The molecular weight excluding hydrogens is 759 g/mol. The quantitative estimate of drug-likeness (QED) is 0.162. The van der Waals surface area contributed by atoms with Gasteiger partial charge < -0.3 is 4.90 Å². The van der Waals surface area contributed by atoms with E-state index >= 15 is 0 Å². The van der Waals surface area contributed by atoms with Gasteiger partial charge in [-0.05, 0) is 148 Å². The molecule has 9 aromatic carbocycles. The van der Waals surface area contributed by atoms with Crippen molar-refractivity contribution in [2.75, 3.05) is 4.90 Å². The fraction of sp³-hybridized carbons (Fsp3) is 0.161. The predicted molar refractivity (Wildman–Crippen MR) is 269 cm³/mol. The van der Waals surface area contributed by atoms with Crippen molar-refractivity contribution >= 4 is 27.8 Å². The molecule has 306 valence electrons. The van der Waals surface area contributed by atoms with Gasteiger partial charge in [-0.25, -0.2) is 0 Å². The maximum atomic E-state index is 2.58. The highest BCUT2D eigenvalue weighted by Crippen LogP contribution is 2.60. The summed E-state index contributed by atoms with van der Waals surface area (Å²) in [5.41, 5.74) is 22.9. The van der Waals surface area contributed by atoms with Crippen molar-refractivity contribution in [3.63, 3.8) is 0 Å². The zero-order valence-corrected chi connectivity index (χ0v) is 37.4. The Kier molecular flexibility index (Phi) is 8.83. The van der Waals surface area contributed by atoms with Gasteiger partial charge in [0.05, 0.1) is 0 Å². The zero-order chi connectivity index (χ0) is 43.3. The zero-order valence-electron chi connectivity index (χ0n) is 37.4. The number of rotatable bonds is 6. The third kappa shape index (κ3) is 6.12. The molecule has 0 radical (unpaired) electrons. The lowest BCUT2D eigenvalue weighted by molar-refractivity contribution is 0.585. The first-order valence-corrected chi connectivity index (χ1v) is 22.5. The molecule has 0 saturated heterocycles. The predicted octanol–water partition coefficient (Wildman–Crippen LogP) is 17.2. The van der Waals surface area contributed by atoms with E-state index in [9.17, 15) is 0 Å². The third-order valence-corrected chi connectivity index (χ3v) is 14.2. The van der Waals surface area contributed by atoms with Crippen LogP contribution in [0.3, 0.4) is 0 Å². The van der Waals surface area contributed by atoms with Crippen molar-refractivity contribution in [3.8, 4) is 55.6 Å². The smallest absolute Gasteiger partial charge is 0.0465 e. The molecule has 1 nitrogen and oxygen atoms in total. The standard InChI is InChI=1S/C62H53N/c1-60(2,3)44-30-34-48-52(36-44)61(4,5)54-38-50-51(56(58(48)54)42-22-14-9-15-23-42)39-55-59(57(50)43-24-16-10-17-25-43)49-35-33-47(37-53(49)62(55,6)7)63(45-26-18-11-19-27-45)46-31-28-41(29-32-46)40-20-12-8-13-21-40/h8-39H,1-7H3. The molecule has 0 unspecified atom stereocenters. The van der Waals surface area contributed by atoms with Crippen molar-refractivity contribution in [2.24, 2.45) is 0 Å². The highest BCUT2D eigenvalue weighted by Gasteiger charge is 2.42. The number of hydrogen-bond acceptors (Lipinski definition) is 1. The van der Waals surface area contributed by atoms with Crippen LogP contribution in [0.25, 0.3) is 66.4 Å². The van der Waals surface area contributed by atoms with E-state index in [4.69, 9.17) is 0 Å². The van der Waals surface area contributed by atoms with E-state index < -0.39 is 0 Å². The van der Waals surface area contributed by atoms with Crippen LogP contribution < -0.4 is 4.90 Å². The summed E-state index contributed by atoms with van der Waals surface area (Å²) in [6.45, 7) is 16.7. The Balaban J connectivity index is 1.17. The Morgan fingerprint density at radius 1 is 0.333 bits per heavy atom. The number of para-hydroxylation sites is 1. The topological polar surface area (TPSA) is 3.24 Å². The maximum Gasteiger partial charge on any atom is 0.0465 e. The molecule has 0 bridgehead atoms. The fourth-order valence-corrected chi connectivity index (χ4v) is 10.8. The lowest BCUT2D eigenvalue weighted by Crippen LogP contribution is -2.18. The van der Waals surface area contributed by atoms with Crippen molar-refractivity contribution in [1.29, 1.82) is 0 Å². The first-order chi connectivity index (χ1) is 30.4. The number of nitrogens with zero attached hydrogens (tertiary/aromatic N) is 1. The maximum absolute atomic E-state index is 2.58. The fourth-order valence-electron chi connectivity index (χ4n) is 10.8. The second-order valence-electron chi connectivity index (χ2n) is 19.7. The second-order valence-corrected chi connectivity index (χ2v) is 19.7. The molecule has 0 aromatic heterocycles. The molecule has 0 saturated carbocycles. The molecule has 0 aliphatic heterocycles. The number of anilines is 3. The lowest BCUT2D eigenvalue weighted by Gasteiger charge is -2.28. The first kappa shape index (κ1) is 38.9. The van der Waals surface area contributed by atoms with E-state index in [1.54, 1.807) is 0 Å². The van der Waals surface area contributed by atoms with E-state index in [2.05, 4.69) is 247 Å². The normalized spacial score (nSPS) is 14.2. The molecule has 11 rings (SSSR count). The monoisotopic (exact) mass is 811 g/mol. The van der Waals surface area contributed by atoms with Crippen molar-refractivity contribution in [1.82, 2.24) is 0 Å². The first-order valence-electron chi connectivity index (χ1n) is 22.5. The molecule has 0 atom stereocenters. The molecule has 0 amide bonds. The van der Waals surface area contributed by atoms with Gasteiger partial charge in [0, 0.05) is 27.9 Å². The van der Waals surface area contributed by atoms with E-state index in [0.717, 1.165) is 17.1 Å². The molecule has 2 aliphatic rings. The summed E-state index contributed by atoms with van der Waals surface area (Å²) in [7, 11) is 0. The molecule has 63 heavy (non-hydrogen) atoms. The molecule has 1 heteroatoms. The Labute approximate surface area is 373 Å². The van der Waals surface area contributed by atoms with Gasteiger partial charge in [-0.2, -0.15) is 0 Å². The van der Waals surface area contributed by atoms with Crippen molar-refractivity contribution in [3.05, 3.63) is 222 Å². The van der Waals surface area contributed by atoms with Crippen LogP contribution in [-0.2, 0) is 16.2 Å². The highest BCUT2D eigenvalue weighted by atomic mass is 15.1. The van der Waals surface area contributed by atoms with Gasteiger partial charge >= 0.3 is 0 Å². The molecule has 9 aromatic rings. The Morgan fingerprint density at radius 2 is 0.730 bits per heavy atom. The van der Waals surface area contributed by atoms with Crippen LogP contribution in [-0.4, -0.2) is 0 Å². The summed E-state index contributed by atoms with van der Waals surface area (Å²) in [5.74, 6) is 0. The second kappa shape index (κ2) is 14.3. The molecular formula is C62H53N. The van der Waals surface area contributed by atoms with E-state index in [-0.39, 0.29) is 16.2 Å². The van der Waals surface area contributed by atoms with Gasteiger partial charge in [0.25, 0.3) is 0 Å². The Bertz CT molecular complexity index is 3200. The summed E-state index contributed by atoms with van der Waals surface area (Å²) < 4.78 is 0. The van der Waals surface area contributed by atoms with Crippen LogP contribution in [0.4, 0.5) is 17.1 Å². The summed E-state index contributed by atoms with van der Waals surface area (Å²) in [6.07, 6.45) is 0. The summed E-state index contributed by atoms with van der Waals surface area (Å²) in [4.78, 5) is 2.41. The van der Waals surface area contributed by atoms with Crippen LogP contribution in [0.1, 0.15) is 76.3 Å². The third-order valence-electron chi connectivity index (χ3n) is 14.2. The van der Waals surface area contributed by atoms with Gasteiger partial charge in [-0.1, -0.05) is 194 Å². The van der Waals surface area contributed by atoms with Crippen LogP contribution in [0, 0.1) is 0 Å². The largest absolute Gasteiger partial charge is 0.310 e. The molecule has 0 fully saturated rings. The van der Waals surface area contributed by atoms with Crippen LogP contribution >= 0.6 is 0 Å². The summed E-state index contributed by atoms with van der Waals surface area (Å²) in [6, 6.07) is 72.4. The Hall–Kier alpha value is -6.96. The minimum absolute atomic E-state index is 0.0537. The summed E-state index contributed by atoms with van der Waals surface area (Å²) >= 11 is 0. The number of hydrogen-bond donors (Lipinski definition) is 0. The molecule has 0 N–H and O–H groups in total. The van der Waals surface area contributed by atoms with E-state index in [0.29, 0.717) is 0 Å². The molecule has 2 aliphatic carbocycles. The lowest BCUT2D eigenvalue weighted by atomic mass is 9.76. The van der Waals surface area contributed by atoms with Gasteiger partial charge in [0.2, 0.25) is 0 Å². The van der Waals surface area contributed by atoms with E-state index in [1.807, 2.05) is 0 Å². The number of benzene rings is 9. The minimum Gasteiger partial charge on any atom is -0.310 e. The van der Waals surface area contributed by atoms with Crippen LogP contribution in [0.5, 0.6) is 0 Å². The number of fused-ring (bicyclic) bond motifs is 7. The summed E-state index contributed by atoms with van der Waals surface area (Å²) in [5, 5.41) is 2.62. The average Bonchev–Trinajstić information content (AvgIpc) is 3.67. The highest BCUT2D eigenvalue weighted by molar-refractivity contribution is 6.16. The minimum atomic E-state index is -0.288. The average molecular weight is 812 g/mol. The Morgan fingerprint density at radius 3 is 1.22 bits per heavy atom. The van der Waals surface area contributed by atoms with Gasteiger partial charge in [0.1, 0.15) is 0 Å². The van der Waals surface area contributed by atoms with E-state index in [1.165, 1.54) is 94.2 Å².